The Kier molecular flexibility index (Phi) is 7.55. The van der Waals surface area contributed by atoms with Crippen LogP contribution >= 0.6 is 0 Å². The molecule has 176 valence electrons. The highest BCUT2D eigenvalue weighted by Gasteiger charge is 2.34. The molecule has 0 spiro atoms. The minimum Gasteiger partial charge on any atom is -0.478 e. The van der Waals surface area contributed by atoms with E-state index in [-0.39, 0.29) is 12.1 Å². The average Bonchev–Trinajstić information content (AvgIpc) is 3.19. The molecule has 4 rings (SSSR count). The van der Waals surface area contributed by atoms with E-state index in [2.05, 4.69) is 52.7 Å². The van der Waals surface area contributed by atoms with Gasteiger partial charge in [0.15, 0.2) is 0 Å². The first kappa shape index (κ1) is 24.1. The lowest BCUT2D eigenvalue weighted by Gasteiger charge is -2.40. The summed E-state index contributed by atoms with van der Waals surface area (Å²) in [5.74, 6) is -2.51. The molecule has 0 saturated heterocycles. The molecule has 2 atom stereocenters. The van der Waals surface area contributed by atoms with E-state index in [1.54, 1.807) is 0 Å². The summed E-state index contributed by atoms with van der Waals surface area (Å²) < 4.78 is 0. The van der Waals surface area contributed by atoms with Crippen molar-refractivity contribution in [3.05, 3.63) is 53.8 Å². The lowest BCUT2D eigenvalue weighted by molar-refractivity contribution is -0.134. The first-order chi connectivity index (χ1) is 15.7. The van der Waals surface area contributed by atoms with Gasteiger partial charge >= 0.3 is 18.0 Å². The van der Waals surface area contributed by atoms with Gasteiger partial charge in [-0.15, -0.1) is 0 Å². The summed E-state index contributed by atoms with van der Waals surface area (Å²) in [6.45, 7) is 6.34. The Morgan fingerprint density at radius 2 is 1.85 bits per heavy atom. The SMILES string of the molecule is CCN(CC)C(=O)NC1C=C2c3cccc4[nH]cc(c34)CC2N(C)C1.O=C(O)/C=C\C(=O)O. The Balaban J connectivity index is 0.000000331. The second-order valence-electron chi connectivity index (χ2n) is 8.06. The van der Waals surface area contributed by atoms with Gasteiger partial charge < -0.3 is 25.4 Å². The summed E-state index contributed by atoms with van der Waals surface area (Å²) in [6.07, 6.45) is 6.56. The summed E-state index contributed by atoms with van der Waals surface area (Å²) in [4.78, 5) is 39.2. The standard InChI is InChI=1S/C20H26N4O.C4H4O4/c1-4-24(5-2)20(25)22-14-10-16-15-7-6-8-17-19(15)13(11-21-17)9-18(16)23(3)12-14;5-3(6)1-2-4(7)8/h6-8,10-11,14,18,21H,4-5,9,12H2,1-3H3,(H,22,25);1-2H,(H,5,6)(H,7,8)/b;2-1-. The number of hydrogen-bond donors (Lipinski definition) is 4. The van der Waals surface area contributed by atoms with Gasteiger partial charge in [0.25, 0.3) is 0 Å². The number of amides is 2. The fourth-order valence-electron chi connectivity index (χ4n) is 4.45. The van der Waals surface area contributed by atoms with Gasteiger partial charge in [-0.25, -0.2) is 14.4 Å². The van der Waals surface area contributed by atoms with Crippen molar-refractivity contribution in [1.29, 1.82) is 0 Å². The molecule has 1 aromatic heterocycles. The van der Waals surface area contributed by atoms with Crippen LogP contribution < -0.4 is 5.32 Å². The second-order valence-corrected chi connectivity index (χ2v) is 8.06. The number of aromatic nitrogens is 1. The van der Waals surface area contributed by atoms with Crippen molar-refractivity contribution >= 4 is 34.4 Å². The van der Waals surface area contributed by atoms with Crippen LogP contribution in [0.2, 0.25) is 0 Å². The van der Waals surface area contributed by atoms with Crippen molar-refractivity contribution in [3.8, 4) is 0 Å². The molecule has 2 amide bonds. The molecule has 9 heteroatoms. The number of H-pyrrole nitrogens is 1. The molecule has 2 heterocycles. The fourth-order valence-corrected chi connectivity index (χ4v) is 4.45. The highest BCUT2D eigenvalue weighted by molar-refractivity contribution is 5.98. The number of carbonyl (C=O) groups is 3. The van der Waals surface area contributed by atoms with Gasteiger partial charge in [0.1, 0.15) is 0 Å². The minimum atomic E-state index is -1.26. The zero-order valence-electron chi connectivity index (χ0n) is 19.0. The topological polar surface area (TPSA) is 126 Å². The summed E-state index contributed by atoms with van der Waals surface area (Å²) in [5.41, 5.74) is 5.24. The fraction of sp³-hybridized carbons (Fsp3) is 0.375. The second kappa shape index (κ2) is 10.4. The number of nitrogens with zero attached hydrogens (tertiary/aromatic N) is 2. The zero-order chi connectivity index (χ0) is 24.1. The largest absolute Gasteiger partial charge is 0.478 e. The van der Waals surface area contributed by atoms with Gasteiger partial charge in [0.2, 0.25) is 0 Å². The summed E-state index contributed by atoms with van der Waals surface area (Å²) in [6, 6.07) is 6.90. The van der Waals surface area contributed by atoms with Crippen LogP contribution in [0.3, 0.4) is 0 Å². The number of nitrogens with one attached hydrogen (secondary N) is 2. The van der Waals surface area contributed by atoms with E-state index in [4.69, 9.17) is 10.2 Å². The number of hydrogen-bond acceptors (Lipinski definition) is 4. The van der Waals surface area contributed by atoms with Crippen LogP contribution in [-0.2, 0) is 16.0 Å². The first-order valence-electron chi connectivity index (χ1n) is 11.0. The molecular weight excluding hydrogens is 424 g/mol. The highest BCUT2D eigenvalue weighted by atomic mass is 16.4. The number of likely N-dealkylation sites (N-methyl/N-ethyl adjacent to an activating group) is 1. The number of fused-ring (bicyclic) bond motifs is 2. The maximum absolute atomic E-state index is 12.4. The van der Waals surface area contributed by atoms with Gasteiger partial charge in [-0.3, -0.25) is 4.90 Å². The summed E-state index contributed by atoms with van der Waals surface area (Å²) in [7, 11) is 2.16. The Morgan fingerprint density at radius 1 is 1.18 bits per heavy atom. The first-order valence-corrected chi connectivity index (χ1v) is 11.0. The van der Waals surface area contributed by atoms with E-state index in [0.29, 0.717) is 18.2 Å². The lowest BCUT2D eigenvalue weighted by Crippen LogP contribution is -2.52. The summed E-state index contributed by atoms with van der Waals surface area (Å²) in [5, 5.41) is 20.2. The molecule has 33 heavy (non-hydrogen) atoms. The molecule has 1 aromatic carbocycles. The molecule has 0 saturated carbocycles. The van der Waals surface area contributed by atoms with Crippen LogP contribution in [-0.4, -0.2) is 81.7 Å². The van der Waals surface area contributed by atoms with Gasteiger partial charge in [0, 0.05) is 54.9 Å². The van der Waals surface area contributed by atoms with E-state index < -0.39 is 11.9 Å². The third-order valence-electron chi connectivity index (χ3n) is 6.00. The normalized spacial score (nSPS) is 19.3. The molecule has 0 radical (unpaired) electrons. The molecule has 1 aliphatic heterocycles. The highest BCUT2D eigenvalue weighted by Crippen LogP contribution is 2.39. The van der Waals surface area contributed by atoms with Crippen LogP contribution in [0.4, 0.5) is 4.79 Å². The number of carboxylic acids is 2. The molecule has 1 aliphatic carbocycles. The number of aliphatic carboxylic acids is 2. The third-order valence-corrected chi connectivity index (χ3v) is 6.00. The minimum absolute atomic E-state index is 0.0232. The van der Waals surface area contributed by atoms with E-state index >= 15 is 0 Å². The number of urea groups is 1. The van der Waals surface area contributed by atoms with Crippen LogP contribution in [0.15, 0.2) is 42.6 Å². The molecule has 2 aromatic rings. The zero-order valence-corrected chi connectivity index (χ0v) is 19.0. The molecule has 2 aliphatic rings. The smallest absolute Gasteiger partial charge is 0.328 e. The number of carboxylic acid groups (broad SMARTS) is 2. The Morgan fingerprint density at radius 3 is 2.45 bits per heavy atom. The van der Waals surface area contributed by atoms with E-state index in [0.717, 1.165) is 26.1 Å². The molecule has 0 bridgehead atoms. The Labute approximate surface area is 192 Å². The van der Waals surface area contributed by atoms with Crippen molar-refractivity contribution in [3.63, 3.8) is 0 Å². The van der Waals surface area contributed by atoms with E-state index in [9.17, 15) is 14.4 Å². The van der Waals surface area contributed by atoms with Crippen LogP contribution in [0.25, 0.3) is 16.5 Å². The van der Waals surface area contributed by atoms with Crippen molar-refractivity contribution in [2.75, 3.05) is 26.7 Å². The molecule has 9 nitrogen and oxygen atoms in total. The quantitative estimate of drug-likeness (QED) is 0.515. The lowest BCUT2D eigenvalue weighted by atomic mass is 9.81. The van der Waals surface area contributed by atoms with Gasteiger partial charge in [0.05, 0.1) is 6.04 Å². The number of carbonyl (C=O) groups excluding carboxylic acids is 1. The number of aromatic amines is 1. The molecule has 0 fully saturated rings. The third kappa shape index (κ3) is 5.43. The number of rotatable bonds is 5. The van der Waals surface area contributed by atoms with E-state index in [1.165, 1.54) is 27.6 Å². The van der Waals surface area contributed by atoms with Crippen LogP contribution in [0.1, 0.15) is 25.0 Å². The number of benzene rings is 1. The monoisotopic (exact) mass is 454 g/mol. The maximum Gasteiger partial charge on any atom is 0.328 e. The molecule has 2 unspecified atom stereocenters. The van der Waals surface area contributed by atoms with Crippen LogP contribution in [0.5, 0.6) is 0 Å². The van der Waals surface area contributed by atoms with Gasteiger partial charge in [-0.05, 0) is 50.1 Å². The Hall–Kier alpha value is -3.59. The van der Waals surface area contributed by atoms with Gasteiger partial charge in [-0.1, -0.05) is 18.2 Å². The predicted molar refractivity (Wildman–Crippen MR) is 126 cm³/mol. The molecule has 4 N–H and O–H groups in total. The average molecular weight is 455 g/mol. The van der Waals surface area contributed by atoms with Crippen molar-refractivity contribution in [2.45, 2.75) is 32.4 Å². The van der Waals surface area contributed by atoms with Crippen molar-refractivity contribution in [2.24, 2.45) is 0 Å². The van der Waals surface area contributed by atoms with Crippen molar-refractivity contribution in [1.82, 2.24) is 20.1 Å². The van der Waals surface area contributed by atoms with E-state index in [1.807, 2.05) is 18.7 Å². The van der Waals surface area contributed by atoms with Crippen molar-refractivity contribution < 1.29 is 24.6 Å². The Bertz CT molecular complexity index is 1080. The molecular formula is C24H30N4O5. The van der Waals surface area contributed by atoms with Crippen LogP contribution in [0, 0.1) is 0 Å². The van der Waals surface area contributed by atoms with Gasteiger partial charge in [-0.2, -0.15) is 0 Å². The predicted octanol–water partition coefficient (Wildman–Crippen LogP) is 2.55. The summed E-state index contributed by atoms with van der Waals surface area (Å²) >= 11 is 0. The maximum atomic E-state index is 12.4.